The van der Waals surface area contributed by atoms with Gasteiger partial charge in [0.1, 0.15) is 0 Å². The number of nitrogens with one attached hydrogen (secondary N) is 2. The van der Waals surface area contributed by atoms with Crippen molar-refractivity contribution in [3.8, 4) is 0 Å². The fourth-order valence-corrected chi connectivity index (χ4v) is 4.49. The van der Waals surface area contributed by atoms with Crippen LogP contribution in [-0.4, -0.2) is 44.6 Å². The molecular weight excluding hydrogens is 466 g/mol. The Morgan fingerprint density at radius 1 is 1.11 bits per heavy atom. The number of hydrogen-bond donors (Lipinski definition) is 2. The maximum atomic E-state index is 13.1. The zero-order chi connectivity index (χ0) is 24.9. The predicted octanol–water partition coefficient (Wildman–Crippen LogP) is 3.23. The van der Waals surface area contributed by atoms with E-state index in [1.807, 2.05) is 12.1 Å². The highest BCUT2D eigenvalue weighted by molar-refractivity contribution is 7.99. The van der Waals surface area contributed by atoms with Crippen LogP contribution in [0.25, 0.3) is 10.9 Å². The number of carbonyl (C=O) groups is 3. The number of imide groups is 1. The third-order valence-corrected chi connectivity index (χ3v) is 6.58. The summed E-state index contributed by atoms with van der Waals surface area (Å²) in [5.74, 6) is 0.0279. The summed E-state index contributed by atoms with van der Waals surface area (Å²) >= 11 is 1.23. The molecule has 0 bridgehead atoms. The van der Waals surface area contributed by atoms with Crippen LogP contribution >= 0.6 is 11.8 Å². The second-order valence-corrected chi connectivity index (χ2v) is 9.67. The third kappa shape index (κ3) is 5.89. The summed E-state index contributed by atoms with van der Waals surface area (Å²) in [6, 6.07) is 13.8. The Bertz CT molecular complexity index is 1300. The number of para-hydroxylation sites is 1. The van der Waals surface area contributed by atoms with Crippen LogP contribution in [0.3, 0.4) is 0 Å². The number of rotatable bonds is 9. The summed E-state index contributed by atoms with van der Waals surface area (Å²) in [6.45, 7) is 4.93. The molecule has 9 nitrogen and oxygen atoms in total. The third-order valence-electron chi connectivity index (χ3n) is 5.60. The van der Waals surface area contributed by atoms with Crippen LogP contribution in [0.4, 0.5) is 10.5 Å². The molecule has 2 aromatic carbocycles. The highest BCUT2D eigenvalue weighted by atomic mass is 32.2. The Morgan fingerprint density at radius 2 is 1.86 bits per heavy atom. The lowest BCUT2D eigenvalue weighted by Crippen LogP contribution is -2.30. The van der Waals surface area contributed by atoms with Gasteiger partial charge in [-0.3, -0.25) is 23.9 Å². The number of thioether (sulfide) groups is 1. The van der Waals surface area contributed by atoms with E-state index in [0.717, 1.165) is 16.9 Å². The first-order chi connectivity index (χ1) is 16.8. The summed E-state index contributed by atoms with van der Waals surface area (Å²) in [5.41, 5.74) is 1.89. The van der Waals surface area contributed by atoms with Gasteiger partial charge < -0.3 is 10.6 Å². The van der Waals surface area contributed by atoms with Gasteiger partial charge in [-0.05, 0) is 42.2 Å². The average Bonchev–Trinajstić information content (AvgIpc) is 3.15. The van der Waals surface area contributed by atoms with E-state index >= 15 is 0 Å². The van der Waals surface area contributed by atoms with Crippen LogP contribution in [0, 0.1) is 5.92 Å². The van der Waals surface area contributed by atoms with Crippen molar-refractivity contribution in [1.82, 2.24) is 19.8 Å². The van der Waals surface area contributed by atoms with Crippen LogP contribution in [0.2, 0.25) is 0 Å². The lowest BCUT2D eigenvalue weighted by atomic mass is 10.1. The van der Waals surface area contributed by atoms with Gasteiger partial charge in [0.05, 0.1) is 29.7 Å². The van der Waals surface area contributed by atoms with Gasteiger partial charge in [-0.15, -0.1) is 0 Å². The van der Waals surface area contributed by atoms with E-state index in [9.17, 15) is 19.2 Å². The lowest BCUT2D eigenvalue weighted by molar-refractivity contribution is -0.125. The van der Waals surface area contributed by atoms with Crippen molar-refractivity contribution < 1.29 is 14.4 Å². The molecule has 3 aromatic rings. The van der Waals surface area contributed by atoms with E-state index in [-0.39, 0.29) is 36.2 Å². The number of benzene rings is 2. The fraction of sp³-hybridized carbons (Fsp3) is 0.320. The van der Waals surface area contributed by atoms with E-state index in [1.54, 1.807) is 41.0 Å². The second-order valence-electron chi connectivity index (χ2n) is 8.72. The quantitative estimate of drug-likeness (QED) is 0.269. The van der Waals surface area contributed by atoms with Crippen LogP contribution in [-0.2, 0) is 22.7 Å². The molecule has 1 fully saturated rings. The van der Waals surface area contributed by atoms with Gasteiger partial charge in [-0.2, -0.15) is 0 Å². The summed E-state index contributed by atoms with van der Waals surface area (Å²) in [7, 11) is 0. The highest BCUT2D eigenvalue weighted by Crippen LogP contribution is 2.20. The van der Waals surface area contributed by atoms with Crippen molar-refractivity contribution in [1.29, 1.82) is 0 Å². The summed E-state index contributed by atoms with van der Waals surface area (Å²) in [6.07, 6.45) is 0.830. The van der Waals surface area contributed by atoms with Gasteiger partial charge >= 0.3 is 6.03 Å². The van der Waals surface area contributed by atoms with Gasteiger partial charge in [0.15, 0.2) is 5.16 Å². The Morgan fingerprint density at radius 3 is 2.54 bits per heavy atom. The summed E-state index contributed by atoms with van der Waals surface area (Å²) < 4.78 is 1.66. The minimum Gasteiger partial charge on any atom is -0.329 e. The molecule has 35 heavy (non-hydrogen) atoms. The minimum absolute atomic E-state index is 0.0159. The van der Waals surface area contributed by atoms with Crippen LogP contribution in [0.5, 0.6) is 0 Å². The molecule has 2 heterocycles. The van der Waals surface area contributed by atoms with Gasteiger partial charge in [0, 0.05) is 12.2 Å². The molecular formula is C25H27N5O4S. The minimum atomic E-state index is -0.404. The maximum Gasteiger partial charge on any atom is 0.324 e. The number of hydrogen-bond acceptors (Lipinski definition) is 6. The van der Waals surface area contributed by atoms with Crippen molar-refractivity contribution in [2.45, 2.75) is 38.5 Å². The molecule has 0 saturated carbocycles. The van der Waals surface area contributed by atoms with E-state index in [1.165, 1.54) is 11.8 Å². The molecule has 1 aliphatic rings. The molecule has 0 unspecified atom stereocenters. The summed E-state index contributed by atoms with van der Waals surface area (Å²) in [5, 5.41) is 6.41. The van der Waals surface area contributed by atoms with E-state index < -0.39 is 6.03 Å². The van der Waals surface area contributed by atoms with Crippen molar-refractivity contribution >= 4 is 46.2 Å². The van der Waals surface area contributed by atoms with Gasteiger partial charge in [0.25, 0.3) is 5.56 Å². The zero-order valence-corrected chi connectivity index (χ0v) is 20.4. The Hall–Kier alpha value is -3.66. The van der Waals surface area contributed by atoms with E-state index in [4.69, 9.17) is 0 Å². The molecule has 0 aliphatic carbocycles. The monoisotopic (exact) mass is 493 g/mol. The maximum absolute atomic E-state index is 13.1. The molecule has 1 saturated heterocycles. The smallest absolute Gasteiger partial charge is 0.324 e. The topological polar surface area (TPSA) is 113 Å². The number of anilines is 1. The molecule has 4 rings (SSSR count). The first kappa shape index (κ1) is 24.5. The standard InChI is InChI=1S/C25H27N5O4S/c1-16(2)11-12-29-23(33)19-5-3-4-6-20(19)28-25(29)35-15-21(31)27-18-9-7-17(8-10-18)14-30-22(32)13-26-24(30)34/h3-10,16H,11-15H2,1-2H3,(H,26,34)(H,27,31). The van der Waals surface area contributed by atoms with E-state index in [0.29, 0.717) is 34.2 Å². The van der Waals surface area contributed by atoms with Crippen LogP contribution in [0.15, 0.2) is 58.5 Å². The number of urea groups is 1. The molecule has 0 atom stereocenters. The normalized spacial score (nSPS) is 13.5. The zero-order valence-electron chi connectivity index (χ0n) is 19.6. The average molecular weight is 494 g/mol. The van der Waals surface area contributed by atoms with Gasteiger partial charge in [-0.25, -0.2) is 9.78 Å². The number of nitrogens with zero attached hydrogens (tertiary/aromatic N) is 3. The predicted molar refractivity (Wildman–Crippen MR) is 135 cm³/mol. The molecule has 10 heteroatoms. The van der Waals surface area contributed by atoms with Crippen LogP contribution in [0.1, 0.15) is 25.8 Å². The number of amides is 4. The first-order valence-corrected chi connectivity index (χ1v) is 12.4. The molecule has 182 valence electrons. The van der Waals surface area contributed by atoms with Crippen molar-refractivity contribution in [3.05, 3.63) is 64.4 Å². The Labute approximate surface area is 206 Å². The largest absolute Gasteiger partial charge is 0.329 e. The molecule has 4 amide bonds. The second kappa shape index (κ2) is 10.7. The SMILES string of the molecule is CC(C)CCn1c(SCC(=O)Nc2ccc(CN3C(=O)CNC3=O)cc2)nc2ccccc2c1=O. The number of fused-ring (bicyclic) bond motifs is 1. The van der Waals surface area contributed by atoms with Crippen molar-refractivity contribution in [2.75, 3.05) is 17.6 Å². The van der Waals surface area contributed by atoms with E-state index in [2.05, 4.69) is 29.5 Å². The fourth-order valence-electron chi connectivity index (χ4n) is 3.66. The van der Waals surface area contributed by atoms with Crippen LogP contribution < -0.4 is 16.2 Å². The highest BCUT2D eigenvalue weighted by Gasteiger charge is 2.28. The van der Waals surface area contributed by atoms with Gasteiger partial charge in [-0.1, -0.05) is 49.9 Å². The number of carbonyl (C=O) groups excluding carboxylic acids is 3. The molecule has 2 N–H and O–H groups in total. The number of aromatic nitrogens is 2. The Kier molecular flexibility index (Phi) is 7.50. The molecule has 0 radical (unpaired) electrons. The molecule has 1 aliphatic heterocycles. The first-order valence-electron chi connectivity index (χ1n) is 11.4. The van der Waals surface area contributed by atoms with Crippen molar-refractivity contribution in [2.24, 2.45) is 5.92 Å². The Balaban J connectivity index is 1.41. The molecule has 0 spiro atoms. The van der Waals surface area contributed by atoms with Crippen molar-refractivity contribution in [3.63, 3.8) is 0 Å². The lowest BCUT2D eigenvalue weighted by Gasteiger charge is -2.14. The molecule has 1 aromatic heterocycles. The van der Waals surface area contributed by atoms with Gasteiger partial charge in [0.2, 0.25) is 11.8 Å². The summed E-state index contributed by atoms with van der Waals surface area (Å²) in [4.78, 5) is 54.9.